The van der Waals surface area contributed by atoms with Crippen molar-refractivity contribution in [2.75, 3.05) is 13.1 Å². The number of carbonyl (C=O) groups excluding carboxylic acids is 2. The standard InChI is InChI=1S/C66H68N2O8/c69-65(57-39-41-59(71-45-51-27-13-7-14-28-51)63(75-49-55-35-21-11-22-36-55)61(57)73-47-53-31-17-9-18-32-53)67-43-25-5-3-1-2-4-6-26-44-68-66(70)58-40-42-60(72-46-52-29-15-8-16-30-52)64(76-50-56-37-23-12-24-38-56)62(58)74-48-54-33-19-10-20-34-54/h7-24,27-42H,1-6,25-26,43-50H2,(H,67,69)(H,68,70). The van der Waals surface area contributed by atoms with Gasteiger partial charge in [0.25, 0.3) is 11.8 Å². The molecule has 0 saturated carbocycles. The molecule has 2 N–H and O–H groups in total. The average Bonchev–Trinajstić information content (AvgIpc) is 3.47. The molecule has 2 amide bonds. The summed E-state index contributed by atoms with van der Waals surface area (Å²) < 4.78 is 38.6. The van der Waals surface area contributed by atoms with E-state index >= 15 is 0 Å². The Labute approximate surface area is 448 Å². The van der Waals surface area contributed by atoms with Crippen molar-refractivity contribution in [3.8, 4) is 34.5 Å². The lowest BCUT2D eigenvalue weighted by Crippen LogP contribution is -2.25. The van der Waals surface area contributed by atoms with Gasteiger partial charge >= 0.3 is 0 Å². The third kappa shape index (κ3) is 17.0. The van der Waals surface area contributed by atoms with Gasteiger partial charge in [-0.2, -0.15) is 0 Å². The zero-order chi connectivity index (χ0) is 52.2. The largest absolute Gasteiger partial charge is 0.485 e. The number of hydrogen-bond acceptors (Lipinski definition) is 8. The second kappa shape index (κ2) is 30.0. The van der Waals surface area contributed by atoms with Crippen LogP contribution in [0.1, 0.15) is 105 Å². The lowest BCUT2D eigenvalue weighted by atomic mass is 10.1. The Morgan fingerprint density at radius 1 is 0.263 bits per heavy atom. The first-order valence-corrected chi connectivity index (χ1v) is 26.5. The maximum Gasteiger partial charge on any atom is 0.255 e. The fourth-order valence-electron chi connectivity index (χ4n) is 8.53. The number of hydrogen-bond donors (Lipinski definition) is 2. The highest BCUT2D eigenvalue weighted by Crippen LogP contribution is 2.43. The maximum atomic E-state index is 13.9. The van der Waals surface area contributed by atoms with E-state index in [1.807, 2.05) is 182 Å². The molecule has 0 saturated heterocycles. The van der Waals surface area contributed by atoms with Crippen LogP contribution >= 0.6 is 0 Å². The number of benzene rings is 8. The van der Waals surface area contributed by atoms with Crippen molar-refractivity contribution in [3.63, 3.8) is 0 Å². The van der Waals surface area contributed by atoms with E-state index in [9.17, 15) is 9.59 Å². The van der Waals surface area contributed by atoms with Crippen LogP contribution in [0.2, 0.25) is 0 Å². The highest BCUT2D eigenvalue weighted by atomic mass is 16.5. The fraction of sp³-hybridized carbons (Fsp3) is 0.242. The predicted octanol–water partition coefficient (Wildman–Crippen LogP) is 14.4. The van der Waals surface area contributed by atoms with Crippen LogP contribution in [0.5, 0.6) is 34.5 Å². The van der Waals surface area contributed by atoms with Gasteiger partial charge in [0.2, 0.25) is 11.5 Å². The highest BCUT2D eigenvalue weighted by Gasteiger charge is 2.25. The van der Waals surface area contributed by atoms with Gasteiger partial charge in [-0.1, -0.05) is 221 Å². The number of nitrogens with one attached hydrogen (secondary N) is 2. The Hall–Kier alpha value is -8.50. The molecule has 0 spiro atoms. The molecule has 10 nitrogen and oxygen atoms in total. The molecule has 0 aromatic heterocycles. The van der Waals surface area contributed by atoms with Crippen molar-refractivity contribution in [1.82, 2.24) is 10.6 Å². The Morgan fingerprint density at radius 3 is 0.776 bits per heavy atom. The quantitative estimate of drug-likeness (QED) is 0.0413. The van der Waals surface area contributed by atoms with E-state index in [1.165, 1.54) is 0 Å². The van der Waals surface area contributed by atoms with Gasteiger partial charge in [0.1, 0.15) is 39.6 Å². The normalized spacial score (nSPS) is 10.8. The zero-order valence-electron chi connectivity index (χ0n) is 43.2. The Morgan fingerprint density at radius 2 is 0.500 bits per heavy atom. The topological polar surface area (TPSA) is 114 Å². The molecule has 0 bridgehead atoms. The molecule has 0 radical (unpaired) electrons. The van der Waals surface area contributed by atoms with Crippen LogP contribution in [0.25, 0.3) is 0 Å². The van der Waals surface area contributed by atoms with E-state index in [2.05, 4.69) is 10.6 Å². The van der Waals surface area contributed by atoms with Crippen molar-refractivity contribution in [2.24, 2.45) is 0 Å². The molecule has 0 aliphatic carbocycles. The molecule has 0 heterocycles. The second-order valence-electron chi connectivity index (χ2n) is 18.5. The maximum absolute atomic E-state index is 13.9. The summed E-state index contributed by atoms with van der Waals surface area (Å²) in [4.78, 5) is 27.8. The number of ether oxygens (including phenoxy) is 6. The summed E-state index contributed by atoms with van der Waals surface area (Å²) in [6.45, 7) is 2.76. The smallest absolute Gasteiger partial charge is 0.255 e. The molecule has 0 unspecified atom stereocenters. The van der Waals surface area contributed by atoms with Gasteiger partial charge in [-0.15, -0.1) is 0 Å². The molecular formula is C66H68N2O8. The molecule has 0 aliphatic rings. The summed E-state index contributed by atoms with van der Waals surface area (Å²) >= 11 is 0. The number of rotatable bonds is 31. The minimum Gasteiger partial charge on any atom is -0.485 e. The van der Waals surface area contributed by atoms with Crippen LogP contribution < -0.4 is 39.1 Å². The molecule has 0 atom stereocenters. The first-order chi connectivity index (χ1) is 37.6. The summed E-state index contributed by atoms with van der Waals surface area (Å²) in [5.74, 6) is 1.99. The highest BCUT2D eigenvalue weighted by molar-refractivity contribution is 5.99. The zero-order valence-corrected chi connectivity index (χ0v) is 43.2. The van der Waals surface area contributed by atoms with E-state index in [1.54, 1.807) is 24.3 Å². The summed E-state index contributed by atoms with van der Waals surface area (Å²) in [6.07, 6.45) is 8.00. The third-order valence-corrected chi connectivity index (χ3v) is 12.7. The Bertz CT molecular complexity index is 2760. The fourth-order valence-corrected chi connectivity index (χ4v) is 8.53. The first-order valence-electron chi connectivity index (χ1n) is 26.5. The summed E-state index contributed by atoms with van der Waals surface area (Å²) in [5, 5.41) is 6.28. The van der Waals surface area contributed by atoms with Gasteiger partial charge in [0.15, 0.2) is 23.0 Å². The van der Waals surface area contributed by atoms with E-state index in [4.69, 9.17) is 28.4 Å². The van der Waals surface area contributed by atoms with Crippen LogP contribution in [-0.4, -0.2) is 24.9 Å². The number of unbranched alkanes of at least 4 members (excludes halogenated alkanes) is 7. The van der Waals surface area contributed by atoms with Crippen LogP contribution in [0.15, 0.2) is 206 Å². The van der Waals surface area contributed by atoms with Gasteiger partial charge < -0.3 is 39.1 Å². The minimum atomic E-state index is -0.230. The van der Waals surface area contributed by atoms with Crippen LogP contribution in [-0.2, 0) is 39.6 Å². The first kappa shape index (κ1) is 53.8. The van der Waals surface area contributed by atoms with Crippen LogP contribution in [0, 0.1) is 0 Å². The molecule has 390 valence electrons. The van der Waals surface area contributed by atoms with Crippen molar-refractivity contribution in [3.05, 3.63) is 251 Å². The molecule has 76 heavy (non-hydrogen) atoms. The van der Waals surface area contributed by atoms with E-state index in [0.29, 0.717) is 71.9 Å². The van der Waals surface area contributed by atoms with Crippen molar-refractivity contribution >= 4 is 11.8 Å². The Kier molecular flexibility index (Phi) is 21.2. The molecule has 8 rings (SSSR count). The van der Waals surface area contributed by atoms with Gasteiger partial charge in [-0.25, -0.2) is 0 Å². The molecular weight excluding hydrogens is 949 g/mol. The SMILES string of the molecule is O=C(NCCCCCCCCCCNC(=O)c1ccc(OCc2ccccc2)c(OCc2ccccc2)c1OCc1ccccc1)c1ccc(OCc2ccccc2)c(OCc2ccccc2)c1OCc1ccccc1. The average molecular weight is 1020 g/mol. The predicted molar refractivity (Wildman–Crippen MR) is 299 cm³/mol. The van der Waals surface area contributed by atoms with Crippen molar-refractivity contribution < 1.29 is 38.0 Å². The van der Waals surface area contributed by atoms with Gasteiger partial charge in [-0.3, -0.25) is 9.59 Å². The van der Waals surface area contributed by atoms with Gasteiger partial charge in [0, 0.05) is 13.1 Å². The van der Waals surface area contributed by atoms with Crippen LogP contribution in [0.4, 0.5) is 0 Å². The minimum absolute atomic E-state index is 0.230. The van der Waals surface area contributed by atoms with Gasteiger partial charge in [-0.05, 0) is 70.5 Å². The summed E-state index contributed by atoms with van der Waals surface area (Å²) in [7, 11) is 0. The third-order valence-electron chi connectivity index (χ3n) is 12.7. The lowest BCUT2D eigenvalue weighted by molar-refractivity contribution is 0.0938. The number of carbonyl (C=O) groups is 2. The van der Waals surface area contributed by atoms with E-state index < -0.39 is 0 Å². The molecule has 8 aromatic carbocycles. The second-order valence-corrected chi connectivity index (χ2v) is 18.5. The van der Waals surface area contributed by atoms with Gasteiger partial charge in [0.05, 0.1) is 11.1 Å². The monoisotopic (exact) mass is 1020 g/mol. The summed E-state index contributed by atoms with van der Waals surface area (Å²) in [6, 6.07) is 66.5. The van der Waals surface area contributed by atoms with Crippen LogP contribution in [0.3, 0.4) is 0 Å². The summed E-state index contributed by atoms with van der Waals surface area (Å²) in [5.41, 5.74) is 6.69. The Balaban J connectivity index is 0.810. The lowest BCUT2D eigenvalue weighted by Gasteiger charge is -2.20. The van der Waals surface area contributed by atoms with E-state index in [0.717, 1.165) is 84.7 Å². The molecule has 0 aliphatic heterocycles. The number of amides is 2. The van der Waals surface area contributed by atoms with Crippen molar-refractivity contribution in [1.29, 1.82) is 0 Å². The van der Waals surface area contributed by atoms with E-state index in [-0.39, 0.29) is 38.2 Å². The van der Waals surface area contributed by atoms with Crippen molar-refractivity contribution in [2.45, 2.75) is 91.0 Å². The molecule has 10 heteroatoms. The molecule has 0 fully saturated rings. The molecule has 8 aromatic rings.